The van der Waals surface area contributed by atoms with Crippen LogP contribution in [0.4, 0.5) is 13.2 Å². The molecule has 1 aliphatic heterocycles. The molecule has 2 atom stereocenters. The highest BCUT2D eigenvalue weighted by molar-refractivity contribution is 5.85. The minimum atomic E-state index is -4.93. The highest BCUT2D eigenvalue weighted by Crippen LogP contribution is 2.46. The van der Waals surface area contributed by atoms with Crippen LogP contribution in [-0.4, -0.2) is 47.8 Å². The zero-order valence-corrected chi connectivity index (χ0v) is 13.0. The molecule has 2 rings (SSSR count). The quantitative estimate of drug-likeness (QED) is 0.891. The van der Waals surface area contributed by atoms with Crippen LogP contribution in [-0.2, 0) is 14.3 Å². The largest absolute Gasteiger partial charge is 0.481 e. The number of hydrogen-bond donors (Lipinski definition) is 1. The molecule has 1 aromatic rings. The number of nitrogens with zero attached hydrogens (tertiary/aromatic N) is 1. The van der Waals surface area contributed by atoms with Gasteiger partial charge in [-0.15, -0.1) is 0 Å². The predicted octanol–water partition coefficient (Wildman–Crippen LogP) is 2.63. The first-order valence-corrected chi connectivity index (χ1v) is 7.48. The van der Waals surface area contributed by atoms with Gasteiger partial charge in [0.25, 0.3) is 5.91 Å². The maximum atomic E-state index is 13.2. The number of benzene rings is 1. The molecule has 0 aromatic heterocycles. The monoisotopic (exact) mass is 345 g/mol. The van der Waals surface area contributed by atoms with Crippen molar-refractivity contribution in [3.63, 3.8) is 0 Å². The number of halogens is 3. The summed E-state index contributed by atoms with van der Waals surface area (Å²) in [6, 6.07) is 8.41. The summed E-state index contributed by atoms with van der Waals surface area (Å²) in [5.74, 6) is -2.62. The Labute approximate surface area is 137 Å². The lowest BCUT2D eigenvalue weighted by Gasteiger charge is -2.28. The Kier molecular flexibility index (Phi) is 5.17. The Morgan fingerprint density at radius 2 is 1.96 bits per heavy atom. The molecule has 0 spiro atoms. The summed E-state index contributed by atoms with van der Waals surface area (Å²) in [6.45, 7) is 0.690. The Hall–Kier alpha value is -2.09. The molecule has 1 heterocycles. The molecule has 8 heteroatoms. The Morgan fingerprint density at radius 3 is 2.42 bits per heavy atom. The second kappa shape index (κ2) is 6.80. The minimum Gasteiger partial charge on any atom is -0.481 e. The number of carboxylic acids is 1. The van der Waals surface area contributed by atoms with Gasteiger partial charge in [0.05, 0.1) is 0 Å². The molecule has 1 N–H and O–H groups in total. The van der Waals surface area contributed by atoms with Gasteiger partial charge in [0.2, 0.25) is 0 Å². The van der Waals surface area contributed by atoms with Crippen molar-refractivity contribution in [1.82, 2.24) is 4.90 Å². The zero-order valence-electron chi connectivity index (χ0n) is 13.0. The van der Waals surface area contributed by atoms with E-state index in [-0.39, 0.29) is 13.2 Å². The van der Waals surface area contributed by atoms with E-state index in [0.717, 1.165) is 4.90 Å². The lowest BCUT2D eigenvalue weighted by Crippen LogP contribution is -2.48. The number of amides is 1. The fourth-order valence-corrected chi connectivity index (χ4v) is 2.80. The third kappa shape index (κ3) is 3.24. The molecule has 2 unspecified atom stereocenters. The standard InChI is InChI=1S/C16H18F3NO4/c1-2-24-12(11-6-4-3-5-7-11)13(21)20-9-8-15(10-20,14(22)23)16(17,18)19/h3-7,12H,2,8-10H2,1H3,(H,22,23). The van der Waals surface area contributed by atoms with Crippen LogP contribution in [0.5, 0.6) is 0 Å². The highest BCUT2D eigenvalue weighted by atomic mass is 19.4. The van der Waals surface area contributed by atoms with Crippen molar-refractivity contribution in [3.8, 4) is 0 Å². The van der Waals surface area contributed by atoms with Gasteiger partial charge < -0.3 is 14.7 Å². The molecule has 0 bridgehead atoms. The van der Waals surface area contributed by atoms with E-state index in [9.17, 15) is 22.8 Å². The molecule has 5 nitrogen and oxygen atoms in total. The molecule has 132 valence electrons. The first-order valence-electron chi connectivity index (χ1n) is 7.48. The van der Waals surface area contributed by atoms with Crippen LogP contribution in [0.3, 0.4) is 0 Å². The van der Waals surface area contributed by atoms with Gasteiger partial charge >= 0.3 is 12.1 Å². The van der Waals surface area contributed by atoms with E-state index in [1.807, 2.05) is 0 Å². The van der Waals surface area contributed by atoms with Gasteiger partial charge in [0.1, 0.15) is 0 Å². The number of carboxylic acid groups (broad SMARTS) is 1. The smallest absolute Gasteiger partial charge is 0.406 e. The van der Waals surface area contributed by atoms with E-state index in [1.54, 1.807) is 37.3 Å². The number of rotatable bonds is 5. The number of alkyl halides is 3. The molecule has 1 amide bonds. The molecule has 1 saturated heterocycles. The van der Waals surface area contributed by atoms with E-state index < -0.39 is 42.5 Å². The van der Waals surface area contributed by atoms with Crippen molar-refractivity contribution < 1.29 is 32.6 Å². The number of hydrogen-bond acceptors (Lipinski definition) is 3. The molecule has 0 saturated carbocycles. The number of aliphatic carboxylic acids is 1. The molecule has 1 aliphatic rings. The fraction of sp³-hybridized carbons (Fsp3) is 0.500. The average Bonchev–Trinajstić information content (AvgIpc) is 2.99. The summed E-state index contributed by atoms with van der Waals surface area (Å²) in [5, 5.41) is 9.07. The van der Waals surface area contributed by atoms with Crippen LogP contribution in [0.15, 0.2) is 30.3 Å². The molecule has 1 fully saturated rings. The first-order chi connectivity index (χ1) is 11.2. The second-order valence-corrected chi connectivity index (χ2v) is 5.64. The van der Waals surface area contributed by atoms with Crippen LogP contribution in [0, 0.1) is 5.41 Å². The summed E-state index contributed by atoms with van der Waals surface area (Å²) < 4.78 is 45.1. The molecule has 0 aliphatic carbocycles. The lowest BCUT2D eigenvalue weighted by molar-refractivity contribution is -0.227. The maximum Gasteiger partial charge on any atom is 0.406 e. The van der Waals surface area contributed by atoms with Gasteiger partial charge in [0.15, 0.2) is 11.5 Å². The van der Waals surface area contributed by atoms with Crippen molar-refractivity contribution in [2.75, 3.05) is 19.7 Å². The number of carbonyl (C=O) groups is 2. The Bertz CT molecular complexity index is 605. The van der Waals surface area contributed by atoms with Gasteiger partial charge in [-0.25, -0.2) is 0 Å². The summed E-state index contributed by atoms with van der Waals surface area (Å²) in [4.78, 5) is 24.8. The summed E-state index contributed by atoms with van der Waals surface area (Å²) in [6.07, 6.45) is -6.64. The SMILES string of the molecule is CCOC(C(=O)N1CCC(C(=O)O)(C(F)(F)F)C1)c1ccccc1. The number of likely N-dealkylation sites (tertiary alicyclic amines) is 1. The molecular weight excluding hydrogens is 327 g/mol. The van der Waals surface area contributed by atoms with Crippen molar-refractivity contribution in [2.45, 2.75) is 25.6 Å². The van der Waals surface area contributed by atoms with Crippen molar-refractivity contribution >= 4 is 11.9 Å². The van der Waals surface area contributed by atoms with Crippen LogP contribution >= 0.6 is 0 Å². The predicted molar refractivity (Wildman–Crippen MR) is 78.1 cm³/mol. The summed E-state index contributed by atoms with van der Waals surface area (Å²) >= 11 is 0. The maximum absolute atomic E-state index is 13.2. The van der Waals surface area contributed by atoms with E-state index in [1.165, 1.54) is 0 Å². The van der Waals surface area contributed by atoms with Crippen molar-refractivity contribution in [1.29, 1.82) is 0 Å². The minimum absolute atomic E-state index is 0.197. The van der Waals surface area contributed by atoms with Crippen LogP contribution in [0.25, 0.3) is 0 Å². The van der Waals surface area contributed by atoms with Gasteiger partial charge in [-0.2, -0.15) is 13.2 Å². The lowest BCUT2D eigenvalue weighted by atomic mass is 9.86. The van der Waals surface area contributed by atoms with Gasteiger partial charge in [0, 0.05) is 19.7 Å². The molecule has 24 heavy (non-hydrogen) atoms. The third-order valence-electron chi connectivity index (χ3n) is 4.19. The van der Waals surface area contributed by atoms with E-state index in [4.69, 9.17) is 9.84 Å². The van der Waals surface area contributed by atoms with Crippen LogP contribution in [0.2, 0.25) is 0 Å². The third-order valence-corrected chi connectivity index (χ3v) is 4.19. The highest BCUT2D eigenvalue weighted by Gasteiger charge is 2.64. The van der Waals surface area contributed by atoms with Gasteiger partial charge in [-0.05, 0) is 18.9 Å². The fourth-order valence-electron chi connectivity index (χ4n) is 2.80. The van der Waals surface area contributed by atoms with Gasteiger partial charge in [-0.1, -0.05) is 30.3 Å². The molecule has 0 radical (unpaired) electrons. The Morgan fingerprint density at radius 1 is 1.33 bits per heavy atom. The van der Waals surface area contributed by atoms with Gasteiger partial charge in [-0.3, -0.25) is 9.59 Å². The van der Waals surface area contributed by atoms with E-state index >= 15 is 0 Å². The number of carbonyl (C=O) groups excluding carboxylic acids is 1. The van der Waals surface area contributed by atoms with Crippen LogP contribution in [0.1, 0.15) is 25.0 Å². The Balaban J connectivity index is 2.25. The van der Waals surface area contributed by atoms with Crippen LogP contribution < -0.4 is 0 Å². The first kappa shape index (κ1) is 18.3. The van der Waals surface area contributed by atoms with E-state index in [0.29, 0.717) is 5.56 Å². The topological polar surface area (TPSA) is 66.8 Å². The van der Waals surface area contributed by atoms with E-state index in [2.05, 4.69) is 0 Å². The van der Waals surface area contributed by atoms with Crippen molar-refractivity contribution in [3.05, 3.63) is 35.9 Å². The normalized spacial score (nSPS) is 22.4. The second-order valence-electron chi connectivity index (χ2n) is 5.64. The molecule has 1 aromatic carbocycles. The zero-order chi connectivity index (χ0) is 18.0. The molecular formula is C16H18F3NO4. The van der Waals surface area contributed by atoms with Crippen molar-refractivity contribution in [2.24, 2.45) is 5.41 Å². The summed E-state index contributed by atoms with van der Waals surface area (Å²) in [7, 11) is 0. The summed E-state index contributed by atoms with van der Waals surface area (Å²) in [5.41, 5.74) is -2.40. The average molecular weight is 345 g/mol. The number of ether oxygens (including phenoxy) is 1.